The van der Waals surface area contributed by atoms with Gasteiger partial charge in [0.05, 0.1) is 10.9 Å². The van der Waals surface area contributed by atoms with E-state index in [-0.39, 0.29) is 18.3 Å². The Kier molecular flexibility index (Phi) is 5.51. The lowest BCUT2D eigenvalue weighted by Crippen LogP contribution is -2.05. The van der Waals surface area contributed by atoms with Crippen LogP contribution < -0.4 is 0 Å². The van der Waals surface area contributed by atoms with Gasteiger partial charge in [-0.2, -0.15) is 0 Å². The van der Waals surface area contributed by atoms with Crippen LogP contribution in [0.2, 0.25) is 0 Å². The maximum atomic E-state index is 10.1. The van der Waals surface area contributed by atoms with Crippen molar-refractivity contribution in [2.75, 3.05) is 0 Å². The summed E-state index contributed by atoms with van der Waals surface area (Å²) >= 11 is 0. The quantitative estimate of drug-likeness (QED) is 0.609. The van der Waals surface area contributed by atoms with Gasteiger partial charge >= 0.3 is 0 Å². The number of aryl methyl sites for hydroxylation is 2. The molecular formula is C21H23OS+. The SMILES string of the molecule is C.Cc1cc([S+](c2ccccc2)c2ccccc2)cc(C)c1O. The molecule has 0 aromatic heterocycles. The highest BCUT2D eigenvalue weighted by Crippen LogP contribution is 2.34. The van der Waals surface area contributed by atoms with Gasteiger partial charge in [0.25, 0.3) is 0 Å². The summed E-state index contributed by atoms with van der Waals surface area (Å²) in [5.74, 6) is 0.397. The fourth-order valence-corrected chi connectivity index (χ4v) is 4.82. The van der Waals surface area contributed by atoms with Crippen LogP contribution in [0.5, 0.6) is 5.75 Å². The average Bonchev–Trinajstić information content (AvgIpc) is 2.55. The van der Waals surface area contributed by atoms with Crippen LogP contribution in [0.4, 0.5) is 0 Å². The van der Waals surface area contributed by atoms with E-state index in [1.54, 1.807) is 0 Å². The summed E-state index contributed by atoms with van der Waals surface area (Å²) in [5.41, 5.74) is 1.86. The van der Waals surface area contributed by atoms with Gasteiger partial charge in [-0.1, -0.05) is 43.8 Å². The first-order chi connectivity index (χ1) is 10.7. The van der Waals surface area contributed by atoms with Crippen molar-refractivity contribution >= 4 is 10.9 Å². The third-order valence-electron chi connectivity index (χ3n) is 3.66. The topological polar surface area (TPSA) is 20.2 Å². The lowest BCUT2D eigenvalue weighted by atomic mass is 10.1. The molecule has 0 aliphatic rings. The Morgan fingerprint density at radius 2 is 1.04 bits per heavy atom. The fourth-order valence-electron chi connectivity index (χ4n) is 2.56. The zero-order valence-corrected chi connectivity index (χ0v) is 13.6. The van der Waals surface area contributed by atoms with E-state index in [4.69, 9.17) is 0 Å². The summed E-state index contributed by atoms with van der Waals surface area (Å²) in [7, 11) is -0.155. The van der Waals surface area contributed by atoms with Crippen molar-refractivity contribution in [2.45, 2.75) is 36.0 Å². The van der Waals surface area contributed by atoms with E-state index in [0.717, 1.165) is 11.1 Å². The first kappa shape index (κ1) is 17.2. The highest BCUT2D eigenvalue weighted by atomic mass is 32.2. The molecule has 0 spiro atoms. The normalized spacial score (nSPS) is 10.4. The molecule has 0 atom stereocenters. The molecule has 1 N–H and O–H groups in total. The van der Waals surface area contributed by atoms with E-state index in [1.165, 1.54) is 14.7 Å². The van der Waals surface area contributed by atoms with Gasteiger partial charge in [0.2, 0.25) is 0 Å². The van der Waals surface area contributed by atoms with Crippen LogP contribution in [-0.4, -0.2) is 5.11 Å². The van der Waals surface area contributed by atoms with Crippen LogP contribution >= 0.6 is 0 Å². The fraction of sp³-hybridized carbons (Fsp3) is 0.143. The monoisotopic (exact) mass is 323 g/mol. The second-order valence-corrected chi connectivity index (χ2v) is 7.36. The molecule has 3 aromatic rings. The second kappa shape index (κ2) is 7.38. The molecule has 0 saturated carbocycles. The molecule has 118 valence electrons. The van der Waals surface area contributed by atoms with E-state index in [2.05, 4.69) is 60.7 Å². The van der Waals surface area contributed by atoms with Gasteiger partial charge in [-0.15, -0.1) is 0 Å². The lowest BCUT2D eigenvalue weighted by Gasteiger charge is -2.10. The average molecular weight is 323 g/mol. The number of benzene rings is 3. The molecule has 0 heterocycles. The number of phenols is 1. The van der Waals surface area contributed by atoms with Crippen molar-refractivity contribution in [1.82, 2.24) is 0 Å². The predicted molar refractivity (Wildman–Crippen MR) is 99.4 cm³/mol. The van der Waals surface area contributed by atoms with Crippen molar-refractivity contribution in [3.63, 3.8) is 0 Å². The van der Waals surface area contributed by atoms with E-state index >= 15 is 0 Å². The summed E-state index contributed by atoms with van der Waals surface area (Å²) in [6.45, 7) is 3.92. The number of phenolic OH excluding ortho intramolecular Hbond substituents is 1. The molecule has 0 unspecified atom stereocenters. The highest BCUT2D eigenvalue weighted by Gasteiger charge is 2.29. The van der Waals surface area contributed by atoms with Crippen LogP contribution in [0.15, 0.2) is 87.5 Å². The van der Waals surface area contributed by atoms with Gasteiger partial charge in [-0.3, -0.25) is 0 Å². The van der Waals surface area contributed by atoms with E-state index in [9.17, 15) is 5.11 Å². The third kappa shape index (κ3) is 3.59. The molecule has 0 aliphatic carbocycles. The minimum atomic E-state index is -0.155. The molecule has 0 saturated heterocycles. The minimum Gasteiger partial charge on any atom is -0.507 e. The largest absolute Gasteiger partial charge is 0.507 e. The first-order valence-electron chi connectivity index (χ1n) is 7.31. The molecule has 0 aliphatic heterocycles. The third-order valence-corrected chi connectivity index (χ3v) is 5.85. The Hall–Kier alpha value is -2.19. The lowest BCUT2D eigenvalue weighted by molar-refractivity contribution is 0.466. The highest BCUT2D eigenvalue weighted by molar-refractivity contribution is 7.97. The molecule has 3 aromatic carbocycles. The van der Waals surface area contributed by atoms with Gasteiger partial charge in [0.1, 0.15) is 5.75 Å². The van der Waals surface area contributed by atoms with Crippen molar-refractivity contribution in [3.05, 3.63) is 83.9 Å². The number of aromatic hydroxyl groups is 1. The van der Waals surface area contributed by atoms with E-state index in [1.807, 2.05) is 26.0 Å². The molecule has 23 heavy (non-hydrogen) atoms. The van der Waals surface area contributed by atoms with Crippen LogP contribution in [0.1, 0.15) is 18.6 Å². The Morgan fingerprint density at radius 1 is 0.652 bits per heavy atom. The Labute approximate surface area is 142 Å². The zero-order chi connectivity index (χ0) is 15.5. The Balaban J connectivity index is 0.00000192. The number of hydrogen-bond acceptors (Lipinski definition) is 1. The predicted octanol–water partition coefficient (Wildman–Crippen LogP) is 5.74. The van der Waals surface area contributed by atoms with Gasteiger partial charge in [-0.05, 0) is 49.2 Å². The molecule has 0 amide bonds. The Bertz CT molecular complexity index is 704. The second-order valence-electron chi connectivity index (χ2n) is 5.34. The van der Waals surface area contributed by atoms with Crippen molar-refractivity contribution < 1.29 is 5.11 Å². The van der Waals surface area contributed by atoms with Gasteiger partial charge in [0, 0.05) is 12.1 Å². The zero-order valence-electron chi connectivity index (χ0n) is 12.8. The van der Waals surface area contributed by atoms with E-state index in [0.29, 0.717) is 5.75 Å². The number of hydrogen-bond donors (Lipinski definition) is 1. The molecule has 0 radical (unpaired) electrons. The van der Waals surface area contributed by atoms with Crippen LogP contribution in [0.3, 0.4) is 0 Å². The van der Waals surface area contributed by atoms with Crippen LogP contribution in [-0.2, 0) is 10.9 Å². The van der Waals surface area contributed by atoms with Crippen LogP contribution in [0, 0.1) is 13.8 Å². The summed E-state index contributed by atoms with van der Waals surface area (Å²) in [6, 6.07) is 25.3. The molecular weight excluding hydrogens is 300 g/mol. The molecule has 0 fully saturated rings. The molecule has 1 nitrogen and oxygen atoms in total. The molecule has 2 heteroatoms. The summed E-state index contributed by atoms with van der Waals surface area (Å²) in [5, 5.41) is 10.1. The van der Waals surface area contributed by atoms with Crippen LogP contribution in [0.25, 0.3) is 0 Å². The molecule has 0 bridgehead atoms. The smallest absolute Gasteiger partial charge is 0.167 e. The van der Waals surface area contributed by atoms with Gasteiger partial charge < -0.3 is 5.11 Å². The first-order valence-corrected chi connectivity index (χ1v) is 8.54. The maximum absolute atomic E-state index is 10.1. The van der Waals surface area contributed by atoms with E-state index < -0.39 is 0 Å². The summed E-state index contributed by atoms with van der Waals surface area (Å²) in [6.07, 6.45) is 0. The van der Waals surface area contributed by atoms with Crippen molar-refractivity contribution in [1.29, 1.82) is 0 Å². The minimum absolute atomic E-state index is 0. The standard InChI is InChI=1S/C20H18OS.CH4/c1-15-13-19(14-16(2)20(15)21)22(17-9-5-3-6-10-17)18-11-7-4-8-12-18;/h3-14H,1-2H3;1H4/p+1. The molecule has 3 rings (SSSR count). The van der Waals surface area contributed by atoms with Gasteiger partial charge in [-0.25, -0.2) is 0 Å². The summed E-state index contributed by atoms with van der Waals surface area (Å²) in [4.78, 5) is 3.82. The van der Waals surface area contributed by atoms with Gasteiger partial charge in [0.15, 0.2) is 14.7 Å². The van der Waals surface area contributed by atoms with Crippen molar-refractivity contribution in [3.8, 4) is 5.75 Å². The number of rotatable bonds is 3. The Morgan fingerprint density at radius 3 is 1.43 bits per heavy atom. The van der Waals surface area contributed by atoms with Crippen molar-refractivity contribution in [2.24, 2.45) is 0 Å². The maximum Gasteiger partial charge on any atom is 0.167 e. The summed E-state index contributed by atoms with van der Waals surface area (Å²) < 4.78 is 0.